The number of carboxylic acid groups (broad SMARTS) is 1. The number of ether oxygens (including phenoxy) is 2. The fourth-order valence-corrected chi connectivity index (χ4v) is 5.18. The van der Waals surface area contributed by atoms with Gasteiger partial charge in [0.2, 0.25) is 0 Å². The minimum Gasteiger partial charge on any atom is -0.478 e. The van der Waals surface area contributed by atoms with Gasteiger partial charge < -0.3 is 14.6 Å². The SMILES string of the molecule is O=C(O)/C=C/CCCOC1C(OCc2ccc(-c3ccccc3)cc2)CCC1N1CCCCC1. The zero-order chi connectivity index (χ0) is 23.6. The number of piperidine rings is 1. The van der Waals surface area contributed by atoms with Gasteiger partial charge in [-0.15, -0.1) is 0 Å². The molecule has 3 atom stereocenters. The van der Waals surface area contributed by atoms with Crippen molar-refractivity contribution in [3.63, 3.8) is 0 Å². The second-order valence-electron chi connectivity index (χ2n) is 9.37. The van der Waals surface area contributed by atoms with Gasteiger partial charge in [0.05, 0.1) is 18.8 Å². The average Bonchev–Trinajstić information content (AvgIpc) is 3.28. The molecule has 2 aromatic carbocycles. The first-order valence-corrected chi connectivity index (χ1v) is 12.7. The maximum absolute atomic E-state index is 10.6. The summed E-state index contributed by atoms with van der Waals surface area (Å²) in [5.74, 6) is -0.896. The van der Waals surface area contributed by atoms with E-state index in [1.807, 2.05) is 6.07 Å². The van der Waals surface area contributed by atoms with Crippen molar-refractivity contribution in [2.45, 2.75) is 69.8 Å². The number of hydrogen-bond acceptors (Lipinski definition) is 4. The summed E-state index contributed by atoms with van der Waals surface area (Å²) in [7, 11) is 0. The van der Waals surface area contributed by atoms with Crippen LogP contribution in [0, 0.1) is 0 Å². The molecule has 1 aliphatic carbocycles. The molecule has 182 valence electrons. The van der Waals surface area contributed by atoms with Crippen LogP contribution in [-0.4, -0.2) is 53.9 Å². The molecule has 2 aromatic rings. The number of unbranched alkanes of at least 4 members (excludes halogenated alkanes) is 1. The van der Waals surface area contributed by atoms with Gasteiger partial charge in [-0.2, -0.15) is 0 Å². The monoisotopic (exact) mass is 463 g/mol. The largest absolute Gasteiger partial charge is 0.478 e. The number of rotatable bonds is 11. The number of nitrogens with zero attached hydrogens (tertiary/aromatic N) is 1. The fraction of sp³-hybridized carbons (Fsp3) is 0.483. The van der Waals surface area contributed by atoms with Crippen molar-refractivity contribution in [3.8, 4) is 11.1 Å². The van der Waals surface area contributed by atoms with E-state index in [-0.39, 0.29) is 12.2 Å². The molecule has 1 saturated carbocycles. The van der Waals surface area contributed by atoms with Crippen LogP contribution in [0.15, 0.2) is 66.7 Å². The normalized spacial score (nSPS) is 23.5. The van der Waals surface area contributed by atoms with E-state index < -0.39 is 5.97 Å². The third-order valence-corrected chi connectivity index (χ3v) is 6.96. The molecule has 2 fully saturated rings. The molecule has 1 aliphatic heterocycles. The van der Waals surface area contributed by atoms with Gasteiger partial charge in [-0.3, -0.25) is 4.90 Å². The van der Waals surface area contributed by atoms with Crippen molar-refractivity contribution in [1.82, 2.24) is 4.90 Å². The lowest BCUT2D eigenvalue weighted by atomic mass is 10.0. The highest BCUT2D eigenvalue weighted by atomic mass is 16.5. The van der Waals surface area contributed by atoms with Crippen LogP contribution in [-0.2, 0) is 20.9 Å². The number of benzene rings is 2. The second kappa shape index (κ2) is 12.8. The Labute approximate surface area is 203 Å². The molecule has 1 saturated heterocycles. The first kappa shape index (κ1) is 24.6. The molecule has 5 heteroatoms. The van der Waals surface area contributed by atoms with E-state index in [2.05, 4.69) is 53.4 Å². The number of carboxylic acids is 1. The Bertz CT molecular complexity index is 905. The highest BCUT2D eigenvalue weighted by Crippen LogP contribution is 2.32. The Morgan fingerprint density at radius 3 is 2.41 bits per heavy atom. The van der Waals surface area contributed by atoms with Crippen LogP contribution in [0.2, 0.25) is 0 Å². The third-order valence-electron chi connectivity index (χ3n) is 6.96. The Morgan fingerprint density at radius 1 is 0.941 bits per heavy atom. The molecule has 0 aromatic heterocycles. The Kier molecular flexibility index (Phi) is 9.31. The number of hydrogen-bond donors (Lipinski definition) is 1. The van der Waals surface area contributed by atoms with Crippen molar-refractivity contribution >= 4 is 5.97 Å². The standard InChI is InChI=1S/C29H37NO4/c31-28(32)12-6-2-9-21-33-29-26(30-19-7-3-8-20-30)17-18-27(29)34-22-23-13-15-25(16-14-23)24-10-4-1-5-11-24/h1,4-6,10-16,26-27,29H,2-3,7-9,17-22H2,(H,31,32)/b12-6+. The molecule has 3 unspecified atom stereocenters. The van der Waals surface area contributed by atoms with Crippen LogP contribution in [0.25, 0.3) is 11.1 Å². The Balaban J connectivity index is 1.33. The van der Waals surface area contributed by atoms with E-state index in [0.29, 0.717) is 25.7 Å². The predicted octanol–water partition coefficient (Wildman–Crippen LogP) is 5.69. The summed E-state index contributed by atoms with van der Waals surface area (Å²) in [6.07, 6.45) is 10.6. The molecule has 5 nitrogen and oxygen atoms in total. The van der Waals surface area contributed by atoms with Crippen molar-refractivity contribution in [2.24, 2.45) is 0 Å². The lowest BCUT2D eigenvalue weighted by molar-refractivity contribution is -0.131. The molecule has 0 spiro atoms. The molecule has 1 heterocycles. The van der Waals surface area contributed by atoms with Crippen molar-refractivity contribution < 1.29 is 19.4 Å². The van der Waals surface area contributed by atoms with E-state index in [1.54, 1.807) is 6.08 Å². The minimum absolute atomic E-state index is 0.0742. The highest BCUT2D eigenvalue weighted by molar-refractivity contribution is 5.79. The molecule has 0 radical (unpaired) electrons. The number of allylic oxidation sites excluding steroid dienone is 1. The summed E-state index contributed by atoms with van der Waals surface area (Å²) in [4.78, 5) is 13.2. The van der Waals surface area contributed by atoms with Crippen LogP contribution < -0.4 is 0 Å². The second-order valence-corrected chi connectivity index (χ2v) is 9.37. The molecule has 2 aliphatic rings. The zero-order valence-electron chi connectivity index (χ0n) is 20.0. The van der Waals surface area contributed by atoms with E-state index >= 15 is 0 Å². The van der Waals surface area contributed by atoms with E-state index in [1.165, 1.54) is 42.0 Å². The van der Waals surface area contributed by atoms with Crippen LogP contribution in [0.1, 0.15) is 50.5 Å². The predicted molar refractivity (Wildman–Crippen MR) is 135 cm³/mol. The first-order valence-electron chi connectivity index (χ1n) is 12.7. The van der Waals surface area contributed by atoms with Crippen LogP contribution >= 0.6 is 0 Å². The number of aliphatic carboxylic acids is 1. The van der Waals surface area contributed by atoms with Gasteiger partial charge in [0, 0.05) is 18.7 Å². The topological polar surface area (TPSA) is 59.0 Å². The quantitative estimate of drug-likeness (QED) is 0.342. The highest BCUT2D eigenvalue weighted by Gasteiger charge is 2.41. The maximum Gasteiger partial charge on any atom is 0.327 e. The van der Waals surface area contributed by atoms with Crippen molar-refractivity contribution in [1.29, 1.82) is 0 Å². The maximum atomic E-state index is 10.6. The van der Waals surface area contributed by atoms with Crippen molar-refractivity contribution in [2.75, 3.05) is 19.7 Å². The van der Waals surface area contributed by atoms with Gasteiger partial charge in [0.1, 0.15) is 0 Å². The molecule has 0 bridgehead atoms. The zero-order valence-corrected chi connectivity index (χ0v) is 20.0. The Morgan fingerprint density at radius 2 is 1.68 bits per heavy atom. The van der Waals surface area contributed by atoms with Gasteiger partial charge in [-0.05, 0) is 68.3 Å². The van der Waals surface area contributed by atoms with E-state index in [9.17, 15) is 4.79 Å². The molecular weight excluding hydrogens is 426 g/mol. The van der Waals surface area contributed by atoms with Gasteiger partial charge >= 0.3 is 5.97 Å². The Hall–Kier alpha value is -2.47. The van der Waals surface area contributed by atoms with Gasteiger partial charge in [-0.25, -0.2) is 4.79 Å². The summed E-state index contributed by atoms with van der Waals surface area (Å²) < 4.78 is 12.8. The number of likely N-dealkylation sites (tertiary alicyclic amines) is 1. The number of carbonyl (C=O) groups is 1. The molecular formula is C29H37NO4. The molecule has 4 rings (SSSR count). The van der Waals surface area contributed by atoms with E-state index in [4.69, 9.17) is 14.6 Å². The summed E-state index contributed by atoms with van der Waals surface area (Å²) in [6, 6.07) is 19.5. The van der Waals surface area contributed by atoms with E-state index in [0.717, 1.165) is 32.4 Å². The van der Waals surface area contributed by atoms with Crippen LogP contribution in [0.5, 0.6) is 0 Å². The van der Waals surface area contributed by atoms with Gasteiger partial charge in [0.15, 0.2) is 0 Å². The first-order chi connectivity index (χ1) is 16.7. The lowest BCUT2D eigenvalue weighted by Crippen LogP contribution is -2.47. The molecule has 34 heavy (non-hydrogen) atoms. The summed E-state index contributed by atoms with van der Waals surface area (Å²) in [6.45, 7) is 3.53. The van der Waals surface area contributed by atoms with Crippen molar-refractivity contribution in [3.05, 3.63) is 72.3 Å². The smallest absolute Gasteiger partial charge is 0.327 e. The summed E-state index contributed by atoms with van der Waals surface area (Å²) in [5.41, 5.74) is 3.62. The summed E-state index contributed by atoms with van der Waals surface area (Å²) >= 11 is 0. The van der Waals surface area contributed by atoms with Crippen LogP contribution in [0.3, 0.4) is 0 Å². The van der Waals surface area contributed by atoms with Crippen LogP contribution in [0.4, 0.5) is 0 Å². The fourth-order valence-electron chi connectivity index (χ4n) is 5.18. The minimum atomic E-state index is -0.896. The van der Waals surface area contributed by atoms with Gasteiger partial charge in [0.25, 0.3) is 0 Å². The summed E-state index contributed by atoms with van der Waals surface area (Å²) in [5, 5.41) is 8.74. The average molecular weight is 464 g/mol. The lowest BCUT2D eigenvalue weighted by Gasteiger charge is -2.36. The molecule has 1 N–H and O–H groups in total. The molecule has 0 amide bonds. The van der Waals surface area contributed by atoms with Gasteiger partial charge in [-0.1, -0.05) is 67.1 Å². The third kappa shape index (κ3) is 7.02.